The first-order chi connectivity index (χ1) is 49.6. The molecule has 600 valence electrons. The van der Waals surface area contributed by atoms with Crippen LogP contribution < -0.4 is 20.1 Å². The molecule has 4 rings (SSSR count). The second-order valence-electron chi connectivity index (χ2n) is 28.5. The summed E-state index contributed by atoms with van der Waals surface area (Å²) in [6.45, 7) is 18.4. The van der Waals surface area contributed by atoms with Gasteiger partial charge in [-0.2, -0.15) is 0 Å². The SMILES string of the molecule is C=CC[Si](C)(C)O[Si](C)(C)[C@@H]1O[C@H](CO)[C@@H](O)[C@H](O)[C@H]1O.CCCCCCCC/C=C\CCCCCCCC(=O)OCC(O)CO.CCCCCCCC/C=C\CCCCCCCC(=O)OCC(O)CO.CCCCCCCCCCC1COC(=O)N1.COc1ccccc1OCC1CNC(=O)O1. The number of benzene rings is 1. The minimum absolute atomic E-state index is 0.111. The van der Waals surface area contributed by atoms with Crippen LogP contribution in [0, 0.1) is 0 Å². The van der Waals surface area contributed by atoms with E-state index in [9.17, 15) is 39.6 Å². The summed E-state index contributed by atoms with van der Waals surface area (Å²) in [4.78, 5) is 44.3. The van der Waals surface area contributed by atoms with Crippen molar-refractivity contribution in [2.24, 2.45) is 0 Å². The molecule has 0 bridgehead atoms. The third-order valence-electron chi connectivity index (χ3n) is 17.7. The number of aliphatic hydroxyl groups excluding tert-OH is 8. The Morgan fingerprint density at radius 1 is 0.592 bits per heavy atom. The van der Waals surface area contributed by atoms with E-state index in [0.29, 0.717) is 44.1 Å². The molecular weight excluding hydrogens is 1350 g/mol. The lowest BCUT2D eigenvalue weighted by Crippen LogP contribution is -2.67. The Morgan fingerprint density at radius 3 is 1.41 bits per heavy atom. The van der Waals surface area contributed by atoms with Crippen LogP contribution in [0.4, 0.5) is 9.59 Å². The predicted molar refractivity (Wildman–Crippen MR) is 414 cm³/mol. The van der Waals surface area contributed by atoms with E-state index in [1.165, 1.54) is 167 Å². The van der Waals surface area contributed by atoms with Crippen molar-refractivity contribution in [3.05, 3.63) is 61.2 Å². The van der Waals surface area contributed by atoms with Crippen molar-refractivity contribution in [2.45, 2.75) is 345 Å². The molecule has 24 heteroatoms. The molecule has 10 N–H and O–H groups in total. The number of allylic oxidation sites excluding steroid dienone is 5. The first-order valence-corrected chi connectivity index (χ1v) is 45.6. The summed E-state index contributed by atoms with van der Waals surface area (Å²) < 4.78 is 42.1. The maximum absolute atomic E-state index is 11.4. The first-order valence-electron chi connectivity index (χ1n) is 39.5. The van der Waals surface area contributed by atoms with Gasteiger partial charge in [-0.05, 0) is 115 Å². The van der Waals surface area contributed by atoms with Gasteiger partial charge in [0.2, 0.25) is 8.32 Å². The number of amides is 2. The van der Waals surface area contributed by atoms with Crippen LogP contribution in [-0.4, -0.2) is 196 Å². The molecular formula is C79H146N2O20Si2. The highest BCUT2D eigenvalue weighted by atomic mass is 28.4. The molecule has 4 unspecified atom stereocenters. The summed E-state index contributed by atoms with van der Waals surface area (Å²) in [5, 5.41) is 80.0. The number of esters is 2. The monoisotopic (exact) mass is 1500 g/mol. The van der Waals surface area contributed by atoms with Crippen LogP contribution in [0.1, 0.15) is 258 Å². The Kier molecular flexibility index (Phi) is 63.0. The van der Waals surface area contributed by atoms with E-state index in [1.54, 1.807) is 7.11 Å². The van der Waals surface area contributed by atoms with E-state index >= 15 is 0 Å². The summed E-state index contributed by atoms with van der Waals surface area (Å²) in [5.74, 6) is 0.739. The van der Waals surface area contributed by atoms with Gasteiger partial charge in [-0.3, -0.25) is 9.59 Å². The Hall–Kier alpha value is -4.45. The van der Waals surface area contributed by atoms with Crippen molar-refractivity contribution < 1.29 is 97.3 Å². The van der Waals surface area contributed by atoms with Gasteiger partial charge in [0.25, 0.3) is 0 Å². The molecule has 3 heterocycles. The van der Waals surface area contributed by atoms with E-state index < -0.39 is 71.7 Å². The molecule has 0 aliphatic carbocycles. The average Bonchev–Trinajstić information content (AvgIpc) is 1.13. The lowest BCUT2D eigenvalue weighted by atomic mass is 10.0. The number of unbranched alkanes of at least 4 members (excludes halogenated alkanes) is 29. The standard InChI is InChI=1S/2C21H40O4.C13H25NO2.C13H28O6Si2.C11H13NO4/c2*1-2-3-4-5-6-7-8-9-10-11-12-13-14-15-16-17-21(24)25-19-20(23)18-22;1-2-3-4-5-6-7-8-9-10-12-11-16-13(15)14-12;1-6-7-20(2,3)19-21(4,5)13-12(17)11(16)10(15)9(8-14)18-13;1-14-9-4-2-3-5-10(9)15-7-8-6-12-11(13)16-8/h2*9-10,20,22-23H,2-8,11-19H2,1H3;12H,2-11H2,1H3,(H,14,15);6,9-17H,1,7-8H2,2-5H3;2-5,8H,6-7H2,1H3,(H,12,13)/b2*10-9-;;;/t;;;9-,10-,11+,12-,13+;/m...1./s1. The van der Waals surface area contributed by atoms with Crippen molar-refractivity contribution in [3.63, 3.8) is 0 Å². The fourth-order valence-electron chi connectivity index (χ4n) is 11.7. The Labute approximate surface area is 623 Å². The molecule has 22 nitrogen and oxygen atoms in total. The van der Waals surface area contributed by atoms with E-state index in [4.69, 9.17) is 57.7 Å². The average molecular weight is 1500 g/mol. The summed E-state index contributed by atoms with van der Waals surface area (Å²) in [6, 6.07) is 8.39. The molecule has 3 aliphatic rings. The number of carbonyl (C=O) groups excluding carboxylic acids is 4. The summed E-state index contributed by atoms with van der Waals surface area (Å²) in [7, 11) is -2.90. The molecule has 1 aromatic carbocycles. The Bertz CT molecular complexity index is 2220. The van der Waals surface area contributed by atoms with E-state index in [2.05, 4.69) is 75.4 Å². The number of methoxy groups -OCH3 is 1. The van der Waals surface area contributed by atoms with Gasteiger partial charge in [-0.1, -0.05) is 217 Å². The van der Waals surface area contributed by atoms with Gasteiger partial charge in [0.1, 0.15) is 68.8 Å². The number of ether oxygens (including phenoxy) is 7. The van der Waals surface area contributed by atoms with Crippen LogP contribution in [0.15, 0.2) is 61.2 Å². The van der Waals surface area contributed by atoms with E-state index in [-0.39, 0.29) is 56.6 Å². The number of aliphatic hydroxyl groups is 8. The smallest absolute Gasteiger partial charge is 0.407 e. The lowest BCUT2D eigenvalue weighted by molar-refractivity contribution is -0.212. The lowest BCUT2D eigenvalue weighted by Gasteiger charge is -2.47. The molecule has 9 atom stereocenters. The molecule has 0 saturated carbocycles. The first kappa shape index (κ1) is 98.6. The Morgan fingerprint density at radius 2 is 1.02 bits per heavy atom. The molecule has 0 radical (unpaired) electrons. The van der Waals surface area contributed by atoms with E-state index in [0.717, 1.165) is 63.8 Å². The van der Waals surface area contributed by atoms with Gasteiger partial charge < -0.3 is 88.8 Å². The maximum Gasteiger partial charge on any atom is 0.407 e. The number of hydrogen-bond donors (Lipinski definition) is 10. The number of alkyl carbamates (subject to hydrolysis) is 2. The number of hydrogen-bond acceptors (Lipinski definition) is 20. The normalized spacial score (nSPS) is 19.2. The molecule has 1 aromatic rings. The molecule has 2 amide bonds. The number of nitrogens with one attached hydrogen (secondary N) is 2. The van der Waals surface area contributed by atoms with Crippen LogP contribution in [0.25, 0.3) is 0 Å². The van der Waals surface area contributed by atoms with Crippen molar-refractivity contribution >= 4 is 40.8 Å². The van der Waals surface area contributed by atoms with Crippen LogP contribution in [0.3, 0.4) is 0 Å². The zero-order valence-corrected chi connectivity index (χ0v) is 67.1. The number of cyclic esters (lactones) is 2. The van der Waals surface area contributed by atoms with Crippen LogP contribution in [0.5, 0.6) is 11.5 Å². The number of para-hydroxylation sites is 2. The predicted octanol–water partition coefficient (Wildman–Crippen LogP) is 14.6. The largest absolute Gasteiger partial charge is 0.493 e. The van der Waals surface area contributed by atoms with Gasteiger partial charge in [-0.25, -0.2) is 9.59 Å². The summed E-state index contributed by atoms with van der Waals surface area (Å²) in [5.41, 5.74) is -0.704. The molecule has 3 saturated heterocycles. The van der Waals surface area contributed by atoms with Gasteiger partial charge >= 0.3 is 24.1 Å². The van der Waals surface area contributed by atoms with Gasteiger partial charge in [0.15, 0.2) is 25.9 Å². The quantitative estimate of drug-likeness (QED) is 0.00952. The van der Waals surface area contributed by atoms with Crippen LogP contribution in [0.2, 0.25) is 32.2 Å². The molecule has 0 spiro atoms. The van der Waals surface area contributed by atoms with E-state index in [1.807, 2.05) is 43.4 Å². The number of carbonyl (C=O) groups is 4. The second-order valence-corrected chi connectivity index (χ2v) is 37.0. The third-order valence-corrected chi connectivity index (χ3v) is 25.2. The number of rotatable bonds is 55. The van der Waals surface area contributed by atoms with Crippen molar-refractivity contribution in [1.29, 1.82) is 0 Å². The van der Waals surface area contributed by atoms with Crippen LogP contribution >= 0.6 is 0 Å². The molecule has 0 aromatic heterocycles. The highest BCUT2D eigenvalue weighted by Crippen LogP contribution is 2.32. The molecule has 103 heavy (non-hydrogen) atoms. The minimum atomic E-state index is -2.51. The molecule has 3 fully saturated rings. The summed E-state index contributed by atoms with van der Waals surface area (Å²) >= 11 is 0. The van der Waals surface area contributed by atoms with Crippen molar-refractivity contribution in [2.75, 3.05) is 59.9 Å². The maximum atomic E-state index is 11.4. The zero-order valence-electron chi connectivity index (χ0n) is 65.1. The minimum Gasteiger partial charge on any atom is -0.493 e. The highest BCUT2D eigenvalue weighted by molar-refractivity contribution is 6.85. The van der Waals surface area contributed by atoms with Crippen LogP contribution in [-0.2, 0) is 37.4 Å². The van der Waals surface area contributed by atoms with Gasteiger partial charge in [-0.15, -0.1) is 6.58 Å². The summed E-state index contributed by atoms with van der Waals surface area (Å²) in [6.07, 6.45) is 48.1. The Balaban J connectivity index is 0.00000128. The second kappa shape index (κ2) is 65.8. The fourth-order valence-corrected chi connectivity index (χ4v) is 20.4. The zero-order chi connectivity index (χ0) is 76.6. The third kappa shape index (κ3) is 54.7. The van der Waals surface area contributed by atoms with Crippen molar-refractivity contribution in [3.8, 4) is 11.5 Å². The van der Waals surface area contributed by atoms with Crippen molar-refractivity contribution in [1.82, 2.24) is 10.6 Å². The van der Waals surface area contributed by atoms with Gasteiger partial charge in [0.05, 0.1) is 39.5 Å². The fraction of sp³-hybridized carbons (Fsp3) is 0.797. The molecule has 3 aliphatic heterocycles. The highest BCUT2D eigenvalue weighted by Gasteiger charge is 2.52. The van der Waals surface area contributed by atoms with Gasteiger partial charge in [0, 0.05) is 12.8 Å². The topological polar surface area (TPSA) is 328 Å².